The summed E-state index contributed by atoms with van der Waals surface area (Å²) in [7, 11) is 0. The third-order valence-electron chi connectivity index (χ3n) is 5.73. The number of carbonyl (C=O) groups is 1. The molecule has 0 spiro atoms. The molecule has 0 radical (unpaired) electrons. The molecule has 1 aromatic carbocycles. The number of unbranched alkanes of at least 4 members (excludes halogenated alkanes) is 1. The van der Waals surface area contributed by atoms with E-state index < -0.39 is 58.1 Å². The minimum absolute atomic E-state index is 0.0914. The number of rotatable bonds is 11. The second-order valence-corrected chi connectivity index (χ2v) is 8.34. The standard InChI is InChI=1S/C26H27F3N4O4/c1-5-8-10-37-24-22-26(36)32(16(4)7-3)15-31(9-6-2)33(22)14-19(23(24)34)25(35)30-13-18-20(28)11-17(27)12-21(18)29/h6-7,11-12,14-16H,2-3,5,8-10,13H2,1,4H3/p+1. The van der Waals surface area contributed by atoms with Gasteiger partial charge in [-0.1, -0.05) is 26.5 Å². The Morgan fingerprint density at radius 1 is 1.22 bits per heavy atom. The molecule has 0 aliphatic heterocycles. The van der Waals surface area contributed by atoms with Crippen molar-refractivity contribution in [2.75, 3.05) is 6.61 Å². The lowest BCUT2D eigenvalue weighted by Gasteiger charge is -2.15. The third kappa shape index (κ3) is 5.65. The van der Waals surface area contributed by atoms with E-state index >= 15 is 0 Å². The van der Waals surface area contributed by atoms with Crippen LogP contribution < -0.4 is 25.7 Å². The fourth-order valence-corrected chi connectivity index (χ4v) is 3.64. The zero-order valence-electron chi connectivity index (χ0n) is 20.6. The molecule has 1 atom stereocenters. The van der Waals surface area contributed by atoms with Crippen LogP contribution in [0, 0.1) is 17.5 Å². The molecule has 37 heavy (non-hydrogen) atoms. The number of aromatic nitrogens is 3. The van der Waals surface area contributed by atoms with E-state index in [-0.39, 0.29) is 24.4 Å². The van der Waals surface area contributed by atoms with Crippen LogP contribution in [0.1, 0.15) is 48.7 Å². The first kappa shape index (κ1) is 27.4. The lowest BCUT2D eigenvalue weighted by molar-refractivity contribution is -0.759. The summed E-state index contributed by atoms with van der Waals surface area (Å²) in [5, 5.41) is 2.28. The number of benzene rings is 1. The average molecular weight is 518 g/mol. The highest BCUT2D eigenvalue weighted by Gasteiger charge is 2.27. The SMILES string of the molecule is C=CC[n+]1cn(C(C)C=C)c(=O)c2c(OCCCC)c(=O)c(C(=O)NCc3c(F)cc(F)cc3F)cn21. The van der Waals surface area contributed by atoms with E-state index in [1.807, 2.05) is 6.92 Å². The van der Waals surface area contributed by atoms with Crippen LogP contribution in [-0.2, 0) is 13.1 Å². The molecule has 0 saturated heterocycles. The van der Waals surface area contributed by atoms with Crippen molar-refractivity contribution in [2.45, 2.75) is 45.8 Å². The molecule has 0 aliphatic rings. The molecule has 3 aromatic rings. The summed E-state index contributed by atoms with van der Waals surface area (Å²) in [5.41, 5.74) is -2.48. The van der Waals surface area contributed by atoms with Crippen molar-refractivity contribution in [2.24, 2.45) is 0 Å². The molecule has 8 nitrogen and oxygen atoms in total. The van der Waals surface area contributed by atoms with Crippen LogP contribution in [0.15, 0.2) is 59.6 Å². The third-order valence-corrected chi connectivity index (χ3v) is 5.73. The largest absolute Gasteiger partial charge is 0.487 e. The van der Waals surface area contributed by atoms with E-state index in [0.29, 0.717) is 18.6 Å². The van der Waals surface area contributed by atoms with Gasteiger partial charge in [-0.2, -0.15) is 13.8 Å². The predicted molar refractivity (Wildman–Crippen MR) is 131 cm³/mol. The molecule has 11 heteroatoms. The Morgan fingerprint density at radius 3 is 2.49 bits per heavy atom. The zero-order chi connectivity index (χ0) is 27.3. The molecule has 2 heterocycles. The predicted octanol–water partition coefficient (Wildman–Crippen LogP) is 3.21. The smallest absolute Gasteiger partial charge is 0.365 e. The van der Waals surface area contributed by atoms with Crippen LogP contribution in [0.25, 0.3) is 5.52 Å². The van der Waals surface area contributed by atoms with Gasteiger partial charge in [0, 0.05) is 24.2 Å². The maximum Gasteiger partial charge on any atom is 0.365 e. The lowest BCUT2D eigenvalue weighted by atomic mass is 10.1. The van der Waals surface area contributed by atoms with Gasteiger partial charge in [-0.15, -0.1) is 0 Å². The molecule has 2 aromatic heterocycles. The van der Waals surface area contributed by atoms with Crippen molar-refractivity contribution in [3.8, 4) is 5.75 Å². The van der Waals surface area contributed by atoms with Gasteiger partial charge in [0.2, 0.25) is 16.7 Å². The van der Waals surface area contributed by atoms with Gasteiger partial charge in [0.15, 0.2) is 0 Å². The first-order valence-corrected chi connectivity index (χ1v) is 11.7. The van der Waals surface area contributed by atoms with Crippen molar-refractivity contribution >= 4 is 11.4 Å². The van der Waals surface area contributed by atoms with Gasteiger partial charge < -0.3 is 10.1 Å². The van der Waals surface area contributed by atoms with Crippen molar-refractivity contribution in [3.05, 3.63) is 99.1 Å². The molecule has 1 amide bonds. The molecule has 1 N–H and O–H groups in total. The highest BCUT2D eigenvalue weighted by atomic mass is 19.1. The van der Waals surface area contributed by atoms with Crippen LogP contribution in [-0.4, -0.2) is 21.6 Å². The number of hydrogen-bond acceptors (Lipinski definition) is 4. The number of hydrogen-bond donors (Lipinski definition) is 1. The van der Waals surface area contributed by atoms with Crippen molar-refractivity contribution in [1.29, 1.82) is 0 Å². The second-order valence-electron chi connectivity index (χ2n) is 8.34. The maximum absolute atomic E-state index is 14.0. The van der Waals surface area contributed by atoms with Crippen LogP contribution in [0.2, 0.25) is 0 Å². The fourth-order valence-electron chi connectivity index (χ4n) is 3.64. The molecule has 1 unspecified atom stereocenters. The highest BCUT2D eigenvalue weighted by molar-refractivity contribution is 5.94. The van der Waals surface area contributed by atoms with E-state index in [1.165, 1.54) is 15.4 Å². The summed E-state index contributed by atoms with van der Waals surface area (Å²) >= 11 is 0. The van der Waals surface area contributed by atoms with Crippen LogP contribution in [0.4, 0.5) is 13.2 Å². The molecule has 3 rings (SSSR count). The molecule has 196 valence electrons. The van der Waals surface area contributed by atoms with Gasteiger partial charge in [-0.25, -0.2) is 18.0 Å². The highest BCUT2D eigenvalue weighted by Crippen LogP contribution is 2.16. The Balaban J connectivity index is 2.19. The normalized spacial score (nSPS) is 11.8. The fraction of sp³-hybridized carbons (Fsp3) is 0.308. The van der Waals surface area contributed by atoms with Gasteiger partial charge in [0.25, 0.3) is 12.2 Å². The molecular weight excluding hydrogens is 489 g/mol. The monoisotopic (exact) mass is 517 g/mol. The summed E-state index contributed by atoms with van der Waals surface area (Å²) in [6, 6.07) is 0.557. The number of nitrogens with one attached hydrogen (secondary N) is 1. The second kappa shape index (κ2) is 11.7. The topological polar surface area (TPSA) is 85.7 Å². The van der Waals surface area contributed by atoms with Gasteiger partial charge in [0.1, 0.15) is 35.6 Å². The summed E-state index contributed by atoms with van der Waals surface area (Å²) < 4.78 is 51.2. The number of pyridine rings is 1. The van der Waals surface area contributed by atoms with E-state index in [4.69, 9.17) is 4.74 Å². The summed E-state index contributed by atoms with van der Waals surface area (Å²) in [5.74, 6) is -4.75. The first-order valence-electron chi connectivity index (χ1n) is 11.7. The molecule has 0 fully saturated rings. The Morgan fingerprint density at radius 2 is 1.89 bits per heavy atom. The van der Waals surface area contributed by atoms with E-state index in [2.05, 4.69) is 18.5 Å². The van der Waals surface area contributed by atoms with Crippen molar-refractivity contribution in [3.63, 3.8) is 0 Å². The zero-order valence-corrected chi connectivity index (χ0v) is 20.6. The van der Waals surface area contributed by atoms with Crippen LogP contribution >= 0.6 is 0 Å². The Hall–Kier alpha value is -4.15. The van der Waals surface area contributed by atoms with Crippen LogP contribution in [0.3, 0.4) is 0 Å². The molecular formula is C26H28F3N4O4+. The number of halogens is 3. The van der Waals surface area contributed by atoms with Crippen LogP contribution in [0.5, 0.6) is 5.75 Å². The number of ether oxygens (including phenoxy) is 1. The lowest BCUT2D eigenvalue weighted by Crippen LogP contribution is -2.49. The summed E-state index contributed by atoms with van der Waals surface area (Å²) in [6.45, 7) is 10.8. The summed E-state index contributed by atoms with van der Waals surface area (Å²) in [6.07, 6.45) is 7.10. The van der Waals surface area contributed by atoms with Gasteiger partial charge in [-0.05, 0) is 25.5 Å². The Bertz CT molecular complexity index is 1460. The van der Waals surface area contributed by atoms with Gasteiger partial charge >= 0.3 is 5.56 Å². The van der Waals surface area contributed by atoms with Gasteiger partial charge in [0.05, 0.1) is 12.8 Å². The van der Waals surface area contributed by atoms with E-state index in [0.717, 1.165) is 12.6 Å². The van der Waals surface area contributed by atoms with E-state index in [1.54, 1.807) is 23.8 Å². The maximum atomic E-state index is 14.0. The Labute approximate surface area is 210 Å². The number of allylic oxidation sites excluding steroid dienone is 2. The van der Waals surface area contributed by atoms with E-state index in [9.17, 15) is 27.6 Å². The number of nitrogens with zero attached hydrogens (tertiary/aromatic N) is 3. The summed E-state index contributed by atoms with van der Waals surface area (Å²) in [4.78, 5) is 39.8. The number of amides is 1. The van der Waals surface area contributed by atoms with Crippen molar-refractivity contribution < 1.29 is 27.4 Å². The molecule has 0 saturated carbocycles. The van der Waals surface area contributed by atoms with Crippen molar-refractivity contribution in [1.82, 2.24) is 14.4 Å². The average Bonchev–Trinajstić information content (AvgIpc) is 2.85. The molecule has 0 bridgehead atoms. The quantitative estimate of drug-likeness (QED) is 0.241. The minimum atomic E-state index is -1.18. The molecule has 0 aliphatic carbocycles. The van der Waals surface area contributed by atoms with Gasteiger partial charge in [-0.3, -0.25) is 9.59 Å². The minimum Gasteiger partial charge on any atom is -0.487 e. The number of carbonyl (C=O) groups excluding carboxylic acids is 1. The first-order chi connectivity index (χ1) is 17.6. The Kier molecular flexibility index (Phi) is 8.69. The number of fused-ring (bicyclic) bond motifs is 1.